The molecule has 1 aromatic heterocycles. The third-order valence-electron chi connectivity index (χ3n) is 3.39. The van der Waals surface area contributed by atoms with Crippen molar-refractivity contribution in [3.8, 4) is 0 Å². The Morgan fingerprint density at radius 3 is 2.78 bits per heavy atom. The largest absolute Gasteiger partial charge is 0.385 e. The summed E-state index contributed by atoms with van der Waals surface area (Å²) in [6.45, 7) is 4.70. The van der Waals surface area contributed by atoms with Gasteiger partial charge in [-0.25, -0.2) is 0 Å². The standard InChI is InChI=1S/C15H17NOS/c1-15(2,17)14-9-12(10-18-14)16-8-7-11-5-3-4-6-13(11)16/h3-6,9-10,17H,7-8H2,1-2H3. The number of rotatable bonds is 2. The molecule has 2 heterocycles. The summed E-state index contributed by atoms with van der Waals surface area (Å²) in [4.78, 5) is 3.35. The number of anilines is 2. The fraction of sp³-hybridized carbons (Fsp3) is 0.333. The molecular weight excluding hydrogens is 242 g/mol. The van der Waals surface area contributed by atoms with Gasteiger partial charge in [0, 0.05) is 22.5 Å². The Hall–Kier alpha value is -1.32. The van der Waals surface area contributed by atoms with Crippen LogP contribution in [-0.4, -0.2) is 11.7 Å². The van der Waals surface area contributed by atoms with Crippen molar-refractivity contribution < 1.29 is 5.11 Å². The Balaban J connectivity index is 1.96. The first-order valence-corrected chi connectivity index (χ1v) is 7.10. The zero-order valence-electron chi connectivity index (χ0n) is 10.7. The lowest BCUT2D eigenvalue weighted by Gasteiger charge is -2.18. The van der Waals surface area contributed by atoms with Gasteiger partial charge in [0.2, 0.25) is 0 Å². The highest BCUT2D eigenvalue weighted by atomic mass is 32.1. The highest BCUT2D eigenvalue weighted by molar-refractivity contribution is 7.10. The van der Waals surface area contributed by atoms with Gasteiger partial charge in [-0.3, -0.25) is 0 Å². The van der Waals surface area contributed by atoms with Gasteiger partial charge in [0.05, 0.1) is 11.3 Å². The molecule has 0 spiro atoms. The Morgan fingerprint density at radius 1 is 1.28 bits per heavy atom. The molecule has 1 aliphatic rings. The number of hydrogen-bond donors (Lipinski definition) is 1. The van der Waals surface area contributed by atoms with Crippen molar-refractivity contribution in [1.29, 1.82) is 0 Å². The van der Waals surface area contributed by atoms with Crippen molar-refractivity contribution in [3.05, 3.63) is 46.2 Å². The Bertz CT molecular complexity index is 568. The van der Waals surface area contributed by atoms with Gasteiger partial charge in [-0.1, -0.05) is 18.2 Å². The van der Waals surface area contributed by atoms with Crippen molar-refractivity contribution in [2.75, 3.05) is 11.4 Å². The molecule has 2 nitrogen and oxygen atoms in total. The fourth-order valence-electron chi connectivity index (χ4n) is 2.40. The summed E-state index contributed by atoms with van der Waals surface area (Å²) in [6.07, 6.45) is 1.10. The van der Waals surface area contributed by atoms with Crippen LogP contribution >= 0.6 is 11.3 Å². The van der Waals surface area contributed by atoms with Crippen LogP contribution in [0.4, 0.5) is 11.4 Å². The molecule has 3 rings (SSSR count). The molecule has 18 heavy (non-hydrogen) atoms. The van der Waals surface area contributed by atoms with Crippen molar-refractivity contribution >= 4 is 22.7 Å². The smallest absolute Gasteiger partial charge is 0.0932 e. The van der Waals surface area contributed by atoms with E-state index in [0.717, 1.165) is 17.8 Å². The molecule has 3 heteroatoms. The number of nitrogens with zero attached hydrogens (tertiary/aromatic N) is 1. The molecule has 0 amide bonds. The van der Waals surface area contributed by atoms with E-state index in [1.54, 1.807) is 11.3 Å². The molecule has 0 fully saturated rings. The van der Waals surface area contributed by atoms with E-state index >= 15 is 0 Å². The number of aliphatic hydroxyl groups is 1. The average Bonchev–Trinajstić information content (AvgIpc) is 2.94. The molecular formula is C15H17NOS. The molecule has 0 bridgehead atoms. The van der Waals surface area contributed by atoms with Gasteiger partial charge in [-0.2, -0.15) is 0 Å². The molecule has 0 unspecified atom stereocenters. The second kappa shape index (κ2) is 4.11. The van der Waals surface area contributed by atoms with E-state index in [1.807, 2.05) is 13.8 Å². The number of fused-ring (bicyclic) bond motifs is 1. The van der Waals surface area contributed by atoms with Crippen LogP contribution in [0.15, 0.2) is 35.7 Å². The van der Waals surface area contributed by atoms with Gasteiger partial charge in [-0.05, 0) is 38.0 Å². The Kier molecular flexibility index (Phi) is 2.68. The lowest BCUT2D eigenvalue weighted by atomic mass is 10.1. The fourth-order valence-corrected chi connectivity index (χ4v) is 3.32. The van der Waals surface area contributed by atoms with Crippen LogP contribution in [0.3, 0.4) is 0 Å². The summed E-state index contributed by atoms with van der Waals surface area (Å²) in [5.41, 5.74) is 3.16. The minimum Gasteiger partial charge on any atom is -0.385 e. The van der Waals surface area contributed by atoms with Crippen molar-refractivity contribution in [1.82, 2.24) is 0 Å². The van der Waals surface area contributed by atoms with E-state index in [2.05, 4.69) is 40.6 Å². The van der Waals surface area contributed by atoms with Crippen LogP contribution in [-0.2, 0) is 12.0 Å². The summed E-state index contributed by atoms with van der Waals surface area (Å²) < 4.78 is 0. The summed E-state index contributed by atoms with van der Waals surface area (Å²) in [6, 6.07) is 10.6. The van der Waals surface area contributed by atoms with E-state index < -0.39 is 5.60 Å². The number of hydrogen-bond acceptors (Lipinski definition) is 3. The van der Waals surface area contributed by atoms with Gasteiger partial charge >= 0.3 is 0 Å². The third kappa shape index (κ3) is 1.93. The molecule has 1 N–H and O–H groups in total. The molecule has 94 valence electrons. The van der Waals surface area contributed by atoms with Crippen LogP contribution in [0.1, 0.15) is 24.3 Å². The Labute approximate surface area is 112 Å². The topological polar surface area (TPSA) is 23.5 Å². The zero-order chi connectivity index (χ0) is 12.8. The van der Waals surface area contributed by atoms with Crippen molar-refractivity contribution in [2.24, 2.45) is 0 Å². The first-order chi connectivity index (χ1) is 8.55. The number of thiophene rings is 1. The lowest BCUT2D eigenvalue weighted by Crippen LogP contribution is -2.14. The van der Waals surface area contributed by atoms with Crippen molar-refractivity contribution in [2.45, 2.75) is 25.9 Å². The normalized spacial score (nSPS) is 14.9. The maximum Gasteiger partial charge on any atom is 0.0932 e. The summed E-state index contributed by atoms with van der Waals surface area (Å²) in [5.74, 6) is 0. The van der Waals surface area contributed by atoms with E-state index in [-0.39, 0.29) is 0 Å². The van der Waals surface area contributed by atoms with Gasteiger partial charge in [0.25, 0.3) is 0 Å². The van der Waals surface area contributed by atoms with Gasteiger partial charge in [-0.15, -0.1) is 11.3 Å². The highest BCUT2D eigenvalue weighted by Gasteiger charge is 2.24. The quantitative estimate of drug-likeness (QED) is 0.889. The second-order valence-electron chi connectivity index (χ2n) is 5.26. The summed E-state index contributed by atoms with van der Waals surface area (Å²) in [5, 5.41) is 12.2. The van der Waals surface area contributed by atoms with Crippen LogP contribution < -0.4 is 4.90 Å². The number of benzene rings is 1. The summed E-state index contributed by atoms with van der Waals surface area (Å²) in [7, 11) is 0. The van der Waals surface area contributed by atoms with Gasteiger partial charge < -0.3 is 10.0 Å². The first-order valence-electron chi connectivity index (χ1n) is 6.22. The molecule has 0 radical (unpaired) electrons. The molecule has 0 aliphatic carbocycles. The second-order valence-corrected chi connectivity index (χ2v) is 6.17. The Morgan fingerprint density at radius 2 is 2.06 bits per heavy atom. The average molecular weight is 259 g/mol. The molecule has 2 aromatic rings. The van der Waals surface area contributed by atoms with Gasteiger partial charge in [0.1, 0.15) is 0 Å². The van der Waals surface area contributed by atoms with Crippen LogP contribution in [0.5, 0.6) is 0 Å². The minimum absolute atomic E-state index is 0.748. The van der Waals surface area contributed by atoms with E-state index in [9.17, 15) is 5.11 Å². The van der Waals surface area contributed by atoms with Crippen LogP contribution in [0.25, 0.3) is 0 Å². The van der Waals surface area contributed by atoms with Crippen LogP contribution in [0, 0.1) is 0 Å². The zero-order valence-corrected chi connectivity index (χ0v) is 11.5. The maximum atomic E-state index is 10.0. The SMILES string of the molecule is CC(C)(O)c1cc(N2CCc3ccccc32)cs1. The van der Waals surface area contributed by atoms with Crippen molar-refractivity contribution in [3.63, 3.8) is 0 Å². The molecule has 1 aliphatic heterocycles. The molecule has 0 saturated heterocycles. The molecule has 0 saturated carbocycles. The number of para-hydroxylation sites is 1. The lowest BCUT2D eigenvalue weighted by molar-refractivity contribution is 0.0826. The van der Waals surface area contributed by atoms with Gasteiger partial charge in [0.15, 0.2) is 0 Å². The molecule has 0 atom stereocenters. The monoisotopic (exact) mass is 259 g/mol. The van der Waals surface area contributed by atoms with E-state index in [1.165, 1.54) is 16.9 Å². The predicted octanol–water partition coefficient (Wildman–Crippen LogP) is 3.67. The third-order valence-corrected chi connectivity index (χ3v) is 4.62. The predicted molar refractivity (Wildman–Crippen MR) is 76.7 cm³/mol. The highest BCUT2D eigenvalue weighted by Crippen LogP contribution is 2.38. The molecule has 1 aromatic carbocycles. The maximum absolute atomic E-state index is 10.0. The van der Waals surface area contributed by atoms with Crippen LogP contribution in [0.2, 0.25) is 0 Å². The minimum atomic E-state index is -0.748. The van der Waals surface area contributed by atoms with E-state index in [0.29, 0.717) is 0 Å². The summed E-state index contributed by atoms with van der Waals surface area (Å²) >= 11 is 1.63. The van der Waals surface area contributed by atoms with E-state index in [4.69, 9.17) is 0 Å². The first kappa shape index (κ1) is 11.8.